The first-order valence-electron chi connectivity index (χ1n) is 34.9. The molecule has 452 valence electrons. The molecule has 0 aliphatic heterocycles. The molecule has 0 unspecified atom stereocenters. The van der Waals surface area contributed by atoms with E-state index in [1.54, 1.807) is 25.1 Å². The van der Waals surface area contributed by atoms with E-state index in [1.165, 1.54) is 84.8 Å². The van der Waals surface area contributed by atoms with E-state index in [2.05, 4.69) is 238 Å². The molecule has 0 bridgehead atoms. The number of fused-ring (bicyclic) bond motifs is 1. The molecule has 8 aromatic rings. The number of aryl methyl sites for hydroxylation is 13. The average molecular weight is 1130 g/mol. The van der Waals surface area contributed by atoms with Crippen LogP contribution in [0.5, 0.6) is 0 Å². The lowest BCUT2D eigenvalue weighted by Gasteiger charge is -2.32. The second-order valence-corrected chi connectivity index (χ2v) is 25.7. The molecule has 0 radical (unpaired) electrons. The molecule has 1 aliphatic rings. The molecular weight excluding hydrogens is 997 g/mol. The molecule has 0 saturated heterocycles. The Kier molecular flexibility index (Phi) is 27.6. The molecule has 83 heavy (non-hydrogen) atoms. The summed E-state index contributed by atoms with van der Waals surface area (Å²) in [5, 5.41) is 2.64. The largest absolute Gasteiger partial charge is 0.0649 e. The third kappa shape index (κ3) is 31.5. The molecule has 0 N–H and O–H groups in total. The van der Waals surface area contributed by atoms with Crippen molar-refractivity contribution in [2.75, 3.05) is 0 Å². The SMILES string of the molecule is Cc1c(C(C)C)cccc1C(C)C.Cc1ccc(C)c(C)c1.Cc1ccc(C)cc1.Cc1ccc2ccccc2c1.Cc1ccccc1C.[2H]C([2H])(C)C(C)(C)C.[2H]C([2H])([2H])c1cc(C)cc(C)c1C.[2H]C([2H])([2H])c1cccc(C)c1C.[2H]C1(C)CCC(C)(C)CC1. The number of rotatable bonds is 2. The van der Waals surface area contributed by atoms with E-state index in [0.29, 0.717) is 28.4 Å². The zero-order chi connectivity index (χ0) is 70.9. The summed E-state index contributed by atoms with van der Waals surface area (Å²) in [6, 6.07) is 54.0. The van der Waals surface area contributed by atoms with Crippen LogP contribution in [0.2, 0.25) is 0 Å². The maximum absolute atomic E-state index is 7.80. The fraction of sp³-hybridized carbons (Fsp3) is 0.446. The smallest absolute Gasteiger partial charge is 0.0300 e. The van der Waals surface area contributed by atoms with Gasteiger partial charge in [0.05, 0.1) is 0 Å². The zero-order valence-electron chi connectivity index (χ0n) is 66.0. The Balaban J connectivity index is 0.000000520. The predicted molar refractivity (Wildman–Crippen MR) is 378 cm³/mol. The van der Waals surface area contributed by atoms with Crippen LogP contribution in [-0.4, -0.2) is 0 Å². The average Bonchev–Trinajstić information content (AvgIpc) is 0.878. The molecule has 0 aromatic heterocycles. The first kappa shape index (κ1) is 60.2. The van der Waals surface area contributed by atoms with Crippen LogP contribution < -0.4 is 0 Å². The van der Waals surface area contributed by atoms with Crippen molar-refractivity contribution in [3.8, 4) is 0 Å². The summed E-state index contributed by atoms with van der Waals surface area (Å²) >= 11 is 0. The van der Waals surface area contributed by atoms with Gasteiger partial charge in [0.15, 0.2) is 0 Å². The Hall–Kier alpha value is -5.98. The van der Waals surface area contributed by atoms with E-state index in [9.17, 15) is 0 Å². The zero-order valence-corrected chi connectivity index (χ0v) is 57.0. The highest BCUT2D eigenvalue weighted by molar-refractivity contribution is 5.82. The minimum absolute atomic E-state index is 0.116. The summed E-state index contributed by atoms with van der Waals surface area (Å²) < 4.78 is 66.1. The molecular formula is C83H120. The van der Waals surface area contributed by atoms with E-state index < -0.39 is 20.1 Å². The number of hydrogen-bond acceptors (Lipinski definition) is 0. The molecule has 9 rings (SSSR count). The Morgan fingerprint density at radius 1 is 0.422 bits per heavy atom. The molecule has 0 heteroatoms. The van der Waals surface area contributed by atoms with Gasteiger partial charge >= 0.3 is 0 Å². The highest BCUT2D eigenvalue weighted by atomic mass is 14.3. The van der Waals surface area contributed by atoms with Gasteiger partial charge in [-0.25, -0.2) is 0 Å². The monoisotopic (exact) mass is 1130 g/mol. The van der Waals surface area contributed by atoms with Crippen molar-refractivity contribution in [1.82, 2.24) is 0 Å². The summed E-state index contributed by atoms with van der Waals surface area (Å²) in [6.07, 6.45) is 3.56. The fourth-order valence-corrected chi connectivity index (χ4v) is 8.57. The van der Waals surface area contributed by atoms with Gasteiger partial charge in [-0.15, -0.1) is 0 Å². The van der Waals surface area contributed by atoms with Crippen molar-refractivity contribution >= 4 is 10.8 Å². The van der Waals surface area contributed by atoms with Crippen LogP contribution in [0.1, 0.15) is 233 Å². The normalized spacial score (nSPS) is 14.6. The molecule has 0 amide bonds. The fourth-order valence-electron chi connectivity index (χ4n) is 8.57. The summed E-state index contributed by atoms with van der Waals surface area (Å²) in [5.74, 6) is 1.16. The predicted octanol–water partition coefficient (Wildman–Crippen LogP) is 25.8. The lowest BCUT2D eigenvalue weighted by molar-refractivity contribution is 0.201. The van der Waals surface area contributed by atoms with Crippen molar-refractivity contribution in [1.29, 1.82) is 0 Å². The van der Waals surface area contributed by atoms with E-state index in [4.69, 9.17) is 12.3 Å². The van der Waals surface area contributed by atoms with Crippen LogP contribution in [0.25, 0.3) is 10.8 Å². The number of hydrogen-bond donors (Lipinski definition) is 0. The second kappa shape index (κ2) is 38.1. The molecule has 0 heterocycles. The van der Waals surface area contributed by atoms with Crippen molar-refractivity contribution in [2.24, 2.45) is 16.7 Å². The van der Waals surface area contributed by atoms with Gasteiger partial charge in [-0.05, 0) is 235 Å². The Bertz CT molecular complexity index is 3340. The van der Waals surface area contributed by atoms with Gasteiger partial charge in [0.1, 0.15) is 0 Å². The molecule has 0 spiro atoms. The van der Waals surface area contributed by atoms with Gasteiger partial charge in [-0.2, -0.15) is 0 Å². The first-order chi connectivity index (χ1) is 42.1. The lowest BCUT2D eigenvalue weighted by Crippen LogP contribution is -2.19. The molecule has 1 fully saturated rings. The standard InChI is InChI=1S/C13H20.C11H10.C10H14.C9H18.2C9H12.2C8H10.C6H14/c1-9(2)12-7-6-8-13(10(3)4)11(12)5;1-9-6-7-10-4-2-3-5-11(10)8-9;1-7-5-8(2)10(4)9(3)6-7;1-8-4-6-9(2,3)7-5-8;1-7-4-5-8(2)9(3)6-7;1-7-5-4-6-8(2)9(7)3;1-7-3-5-8(2)6-4-7;1-7-5-3-4-6-8(7)2;1-5-6(2,3)4/h6-10H,1-5H3;2-8H,1H3;5-6H,1-4H3;8H,4-7H2,1-3H3;2*4-6H,1-3H3;2*3-6H,1-2H3;5H2,1-4H3/i;;2D3;8D;;1D3;;;5D2. The van der Waals surface area contributed by atoms with Crippen LogP contribution >= 0.6 is 0 Å². The van der Waals surface area contributed by atoms with Crippen molar-refractivity contribution in [3.63, 3.8) is 0 Å². The van der Waals surface area contributed by atoms with Crippen LogP contribution in [0.4, 0.5) is 0 Å². The van der Waals surface area contributed by atoms with Crippen molar-refractivity contribution in [3.05, 3.63) is 258 Å². The minimum atomic E-state index is -1.99. The summed E-state index contributed by atoms with van der Waals surface area (Å²) in [7, 11) is 0. The first-order valence-corrected chi connectivity index (χ1v) is 30.4. The summed E-state index contributed by atoms with van der Waals surface area (Å²) in [5.41, 5.74) is 21.3. The van der Waals surface area contributed by atoms with Gasteiger partial charge in [0.25, 0.3) is 0 Å². The Morgan fingerprint density at radius 3 is 1.22 bits per heavy atom. The Morgan fingerprint density at radius 2 is 0.795 bits per heavy atom. The third-order valence-corrected chi connectivity index (χ3v) is 15.5. The third-order valence-electron chi connectivity index (χ3n) is 15.5. The van der Waals surface area contributed by atoms with Crippen LogP contribution in [0.15, 0.2) is 158 Å². The highest BCUT2D eigenvalue weighted by Gasteiger charge is 2.24. The molecule has 0 nitrogen and oxygen atoms in total. The second-order valence-electron chi connectivity index (χ2n) is 25.7. The topological polar surface area (TPSA) is 0 Å². The molecule has 8 aromatic carbocycles. The highest BCUT2D eigenvalue weighted by Crippen LogP contribution is 2.37. The lowest BCUT2D eigenvalue weighted by atomic mass is 9.74. The van der Waals surface area contributed by atoms with E-state index >= 15 is 0 Å². The van der Waals surface area contributed by atoms with Gasteiger partial charge in [-0.1, -0.05) is 281 Å². The molecule has 1 aliphatic carbocycles. The van der Waals surface area contributed by atoms with Gasteiger partial charge in [0.2, 0.25) is 0 Å². The molecule has 0 atom stereocenters. The summed E-state index contributed by atoms with van der Waals surface area (Å²) in [6.45, 7) is 47.7. The van der Waals surface area contributed by atoms with Gasteiger partial charge < -0.3 is 0 Å². The maximum atomic E-state index is 7.80. The summed E-state index contributed by atoms with van der Waals surface area (Å²) in [4.78, 5) is 0. The maximum Gasteiger partial charge on any atom is 0.0300 e. The quantitative estimate of drug-likeness (QED) is 0.162. The van der Waals surface area contributed by atoms with Gasteiger partial charge in [-0.3, -0.25) is 0 Å². The minimum Gasteiger partial charge on any atom is -0.0649 e. The van der Waals surface area contributed by atoms with E-state index in [-0.39, 0.29) is 11.3 Å². The van der Waals surface area contributed by atoms with Crippen molar-refractivity contribution in [2.45, 2.75) is 231 Å². The number of benzene rings is 8. The molecule has 1 saturated carbocycles. The van der Waals surface area contributed by atoms with Crippen LogP contribution in [-0.2, 0) is 0 Å². The van der Waals surface area contributed by atoms with Crippen LogP contribution in [0.3, 0.4) is 0 Å². The van der Waals surface area contributed by atoms with Crippen LogP contribution in [0, 0.1) is 127 Å². The van der Waals surface area contributed by atoms with E-state index in [0.717, 1.165) is 40.7 Å². The van der Waals surface area contributed by atoms with E-state index in [1.807, 2.05) is 67.5 Å². The van der Waals surface area contributed by atoms with Crippen molar-refractivity contribution < 1.29 is 12.3 Å². The van der Waals surface area contributed by atoms with Gasteiger partial charge in [0, 0.05) is 12.3 Å². The Labute approximate surface area is 526 Å².